The predicted molar refractivity (Wildman–Crippen MR) is 70.4 cm³/mol. The van der Waals surface area contributed by atoms with Crippen molar-refractivity contribution >= 4 is 5.69 Å². The third-order valence-electron chi connectivity index (χ3n) is 3.27. The van der Waals surface area contributed by atoms with Crippen molar-refractivity contribution in [3.05, 3.63) is 24.3 Å². The number of anilines is 1. The highest BCUT2D eigenvalue weighted by molar-refractivity contribution is 5.48. The molecule has 1 aliphatic rings. The van der Waals surface area contributed by atoms with Crippen molar-refractivity contribution in [1.29, 1.82) is 0 Å². The maximum atomic E-state index is 9.90. The van der Waals surface area contributed by atoms with E-state index in [1.54, 1.807) is 24.3 Å². The van der Waals surface area contributed by atoms with Gasteiger partial charge < -0.3 is 35.2 Å². The summed E-state index contributed by atoms with van der Waals surface area (Å²) in [5, 5.41) is 41.3. The number of hydrogen-bond donors (Lipinski definition) is 5. The molecule has 0 aromatic heterocycles. The molecule has 20 heavy (non-hydrogen) atoms. The van der Waals surface area contributed by atoms with E-state index >= 15 is 0 Å². The SMILES string of the molecule is COc1cccc(NC2OC(CO)C(O)C(O)C2O)c1. The van der Waals surface area contributed by atoms with Crippen LogP contribution in [0.15, 0.2) is 24.3 Å². The molecular weight excluding hydrogens is 266 g/mol. The molecule has 0 aliphatic carbocycles. The minimum atomic E-state index is -1.40. The Morgan fingerprint density at radius 2 is 1.95 bits per heavy atom. The summed E-state index contributed by atoms with van der Waals surface area (Å²) >= 11 is 0. The van der Waals surface area contributed by atoms with Crippen LogP contribution in [-0.2, 0) is 4.74 Å². The normalized spacial score (nSPS) is 33.8. The van der Waals surface area contributed by atoms with Gasteiger partial charge in [-0.05, 0) is 12.1 Å². The van der Waals surface area contributed by atoms with Gasteiger partial charge in [0.1, 0.15) is 30.2 Å². The van der Waals surface area contributed by atoms with Gasteiger partial charge in [-0.3, -0.25) is 0 Å². The molecule has 112 valence electrons. The summed E-state index contributed by atoms with van der Waals surface area (Å²) in [4.78, 5) is 0. The quantitative estimate of drug-likeness (QED) is 0.478. The first-order valence-corrected chi connectivity index (χ1v) is 6.28. The fraction of sp³-hybridized carbons (Fsp3) is 0.538. The third kappa shape index (κ3) is 3.02. The highest BCUT2D eigenvalue weighted by atomic mass is 16.6. The second kappa shape index (κ2) is 6.38. The van der Waals surface area contributed by atoms with Crippen molar-refractivity contribution in [2.24, 2.45) is 0 Å². The van der Waals surface area contributed by atoms with Crippen LogP contribution >= 0.6 is 0 Å². The van der Waals surface area contributed by atoms with Crippen molar-refractivity contribution in [1.82, 2.24) is 0 Å². The summed E-state index contributed by atoms with van der Waals surface area (Å²) in [6.45, 7) is -0.457. The standard InChI is InChI=1S/C13H19NO6/c1-19-8-4-2-3-7(5-8)14-13-12(18)11(17)10(16)9(6-15)20-13/h2-5,9-18H,6H2,1H3. The lowest BCUT2D eigenvalue weighted by molar-refractivity contribution is -0.221. The first kappa shape index (κ1) is 15.0. The first-order valence-electron chi connectivity index (χ1n) is 6.28. The molecule has 1 saturated heterocycles. The molecule has 1 aliphatic heterocycles. The Morgan fingerprint density at radius 1 is 1.20 bits per heavy atom. The van der Waals surface area contributed by atoms with Crippen molar-refractivity contribution in [3.63, 3.8) is 0 Å². The van der Waals surface area contributed by atoms with Crippen molar-refractivity contribution in [2.75, 3.05) is 19.0 Å². The van der Waals surface area contributed by atoms with E-state index in [0.717, 1.165) is 0 Å². The van der Waals surface area contributed by atoms with Crippen molar-refractivity contribution < 1.29 is 29.9 Å². The number of rotatable bonds is 4. The van der Waals surface area contributed by atoms with Crippen LogP contribution in [0.4, 0.5) is 5.69 Å². The van der Waals surface area contributed by atoms with Gasteiger partial charge in [0.05, 0.1) is 13.7 Å². The summed E-state index contributed by atoms with van der Waals surface area (Å²) in [7, 11) is 1.53. The highest BCUT2D eigenvalue weighted by Crippen LogP contribution is 2.24. The third-order valence-corrected chi connectivity index (χ3v) is 3.27. The number of methoxy groups -OCH3 is 1. The molecule has 1 heterocycles. The summed E-state index contributed by atoms with van der Waals surface area (Å²) < 4.78 is 10.4. The molecule has 0 saturated carbocycles. The van der Waals surface area contributed by atoms with Crippen molar-refractivity contribution in [3.8, 4) is 5.75 Å². The number of benzene rings is 1. The van der Waals surface area contributed by atoms with Gasteiger partial charge in [-0.1, -0.05) is 6.07 Å². The van der Waals surface area contributed by atoms with Crippen LogP contribution in [0.1, 0.15) is 0 Å². The Hall–Kier alpha value is -1.38. The number of aliphatic hydroxyl groups is 4. The number of ether oxygens (including phenoxy) is 2. The number of hydrogen-bond acceptors (Lipinski definition) is 7. The molecule has 5 N–H and O–H groups in total. The molecule has 5 atom stereocenters. The van der Waals surface area contributed by atoms with E-state index in [-0.39, 0.29) is 0 Å². The van der Waals surface area contributed by atoms with Crippen LogP contribution in [0, 0.1) is 0 Å². The van der Waals surface area contributed by atoms with Crippen molar-refractivity contribution in [2.45, 2.75) is 30.6 Å². The lowest BCUT2D eigenvalue weighted by atomic mass is 9.98. The molecule has 1 aromatic rings. The first-order chi connectivity index (χ1) is 9.56. The van der Waals surface area contributed by atoms with Gasteiger partial charge in [0.25, 0.3) is 0 Å². The van der Waals surface area contributed by atoms with Crippen LogP contribution in [0.25, 0.3) is 0 Å². The van der Waals surface area contributed by atoms with E-state index in [1.165, 1.54) is 7.11 Å². The van der Waals surface area contributed by atoms with Crippen LogP contribution in [0.5, 0.6) is 5.75 Å². The lowest BCUT2D eigenvalue weighted by Gasteiger charge is -2.40. The van der Waals surface area contributed by atoms with Crippen LogP contribution < -0.4 is 10.1 Å². The molecule has 5 unspecified atom stereocenters. The van der Waals surface area contributed by atoms with E-state index in [4.69, 9.17) is 14.6 Å². The van der Waals surface area contributed by atoms with E-state index in [0.29, 0.717) is 11.4 Å². The maximum Gasteiger partial charge on any atom is 0.157 e. The molecule has 0 bridgehead atoms. The Kier molecular flexibility index (Phi) is 4.79. The molecule has 7 heteroatoms. The maximum absolute atomic E-state index is 9.90. The average molecular weight is 285 g/mol. The Morgan fingerprint density at radius 3 is 2.60 bits per heavy atom. The topological polar surface area (TPSA) is 111 Å². The number of nitrogens with one attached hydrogen (secondary N) is 1. The predicted octanol–water partition coefficient (Wildman–Crippen LogP) is -1.09. The minimum Gasteiger partial charge on any atom is -0.497 e. The Labute approximate surface area is 116 Å². The van der Waals surface area contributed by atoms with Gasteiger partial charge >= 0.3 is 0 Å². The summed E-state index contributed by atoms with van der Waals surface area (Å²) in [6.07, 6.45) is -5.96. The fourth-order valence-electron chi connectivity index (χ4n) is 2.10. The van der Waals surface area contributed by atoms with E-state index in [2.05, 4.69) is 5.32 Å². The monoisotopic (exact) mass is 285 g/mol. The van der Waals surface area contributed by atoms with Gasteiger partial charge in [-0.2, -0.15) is 0 Å². The summed E-state index contributed by atoms with van der Waals surface area (Å²) in [6, 6.07) is 6.95. The molecule has 0 amide bonds. The van der Waals surface area contributed by atoms with E-state index in [1.807, 2.05) is 0 Å². The second-order valence-corrected chi connectivity index (χ2v) is 4.63. The van der Waals surface area contributed by atoms with E-state index < -0.39 is 37.3 Å². The van der Waals surface area contributed by atoms with Gasteiger partial charge in [0.2, 0.25) is 0 Å². The van der Waals surface area contributed by atoms with Gasteiger partial charge in [0, 0.05) is 11.8 Å². The van der Waals surface area contributed by atoms with Gasteiger partial charge in [0.15, 0.2) is 6.23 Å². The Bertz CT molecular complexity index is 441. The van der Waals surface area contributed by atoms with E-state index in [9.17, 15) is 15.3 Å². The number of aliphatic hydroxyl groups excluding tert-OH is 4. The highest BCUT2D eigenvalue weighted by Gasteiger charge is 2.43. The van der Waals surface area contributed by atoms with Gasteiger partial charge in [-0.15, -0.1) is 0 Å². The molecule has 1 fully saturated rings. The average Bonchev–Trinajstić information content (AvgIpc) is 2.48. The Balaban J connectivity index is 2.10. The zero-order valence-corrected chi connectivity index (χ0v) is 11.0. The largest absolute Gasteiger partial charge is 0.497 e. The smallest absolute Gasteiger partial charge is 0.157 e. The van der Waals surface area contributed by atoms with Crippen LogP contribution in [0.2, 0.25) is 0 Å². The molecule has 0 radical (unpaired) electrons. The minimum absolute atomic E-state index is 0.457. The molecular formula is C13H19NO6. The molecule has 0 spiro atoms. The molecule has 2 rings (SSSR count). The zero-order valence-electron chi connectivity index (χ0n) is 11.0. The summed E-state index contributed by atoms with van der Waals surface area (Å²) in [5.74, 6) is 0.625. The second-order valence-electron chi connectivity index (χ2n) is 4.63. The van der Waals surface area contributed by atoms with Crippen LogP contribution in [-0.4, -0.2) is 64.8 Å². The molecule has 7 nitrogen and oxygen atoms in total. The van der Waals surface area contributed by atoms with Crippen LogP contribution in [0.3, 0.4) is 0 Å². The summed E-state index contributed by atoms with van der Waals surface area (Å²) in [5.41, 5.74) is 0.619. The zero-order chi connectivity index (χ0) is 14.7. The van der Waals surface area contributed by atoms with Gasteiger partial charge in [-0.25, -0.2) is 0 Å². The molecule has 1 aromatic carbocycles. The lowest BCUT2D eigenvalue weighted by Crippen LogP contribution is -2.60. The fourth-order valence-corrected chi connectivity index (χ4v) is 2.10.